The van der Waals surface area contributed by atoms with Gasteiger partial charge in [-0.1, -0.05) is 54.4 Å². The van der Waals surface area contributed by atoms with E-state index in [0.29, 0.717) is 0 Å². The van der Waals surface area contributed by atoms with Gasteiger partial charge in [-0.25, -0.2) is 0 Å². The molecule has 0 unspecified atom stereocenters. The molecule has 0 aliphatic carbocycles. The van der Waals surface area contributed by atoms with Gasteiger partial charge in [0.1, 0.15) is 0 Å². The Morgan fingerprint density at radius 2 is 1.83 bits per heavy atom. The molecule has 0 nitrogen and oxygen atoms in total. The summed E-state index contributed by atoms with van der Waals surface area (Å²) >= 11 is 3.64. The van der Waals surface area contributed by atoms with E-state index in [0.717, 1.165) is 6.42 Å². The van der Waals surface area contributed by atoms with Crippen molar-refractivity contribution in [1.82, 2.24) is 0 Å². The smallest absolute Gasteiger partial charge is 0.0239 e. The summed E-state index contributed by atoms with van der Waals surface area (Å²) in [6.07, 6.45) is 3.50. The van der Waals surface area contributed by atoms with E-state index in [1.54, 1.807) is 0 Å². The van der Waals surface area contributed by atoms with Crippen molar-refractivity contribution in [3.63, 3.8) is 0 Å². The molecule has 0 atom stereocenters. The second-order valence-electron chi connectivity index (χ2n) is 2.99. The van der Waals surface area contributed by atoms with Crippen LogP contribution in [0.2, 0.25) is 0 Å². The maximum Gasteiger partial charge on any atom is 0.0239 e. The molecule has 1 heteroatoms. The summed E-state index contributed by atoms with van der Waals surface area (Å²) in [6.45, 7) is 4.40. The normalized spacial score (nSPS) is 10.2. The Kier molecular flexibility index (Phi) is 3.80. The molecule has 66 valence electrons. The zero-order valence-corrected chi connectivity index (χ0v) is 9.32. The summed E-state index contributed by atoms with van der Waals surface area (Å²) in [5, 5.41) is 0. The van der Waals surface area contributed by atoms with Gasteiger partial charge in [0.25, 0.3) is 0 Å². The van der Waals surface area contributed by atoms with E-state index in [-0.39, 0.29) is 0 Å². The standard InChI is InChI=1S/C11H15Br/c1-3-6-10-8-5-7-9(4-2)11(10)12/h5,7-8H,3-4,6H2,1-2H3. The van der Waals surface area contributed by atoms with Gasteiger partial charge in [0, 0.05) is 4.47 Å². The Morgan fingerprint density at radius 3 is 2.42 bits per heavy atom. The lowest BCUT2D eigenvalue weighted by atomic mass is 10.1. The van der Waals surface area contributed by atoms with Crippen LogP contribution in [0.5, 0.6) is 0 Å². The summed E-state index contributed by atoms with van der Waals surface area (Å²) in [7, 11) is 0. The van der Waals surface area contributed by atoms with Crippen molar-refractivity contribution in [2.75, 3.05) is 0 Å². The third-order valence-electron chi connectivity index (χ3n) is 2.06. The molecule has 0 radical (unpaired) electrons. The minimum atomic E-state index is 1.11. The van der Waals surface area contributed by atoms with Crippen molar-refractivity contribution in [1.29, 1.82) is 0 Å². The average Bonchev–Trinajstić information content (AvgIpc) is 2.09. The maximum atomic E-state index is 3.64. The lowest BCUT2D eigenvalue weighted by Gasteiger charge is -2.06. The van der Waals surface area contributed by atoms with Crippen molar-refractivity contribution < 1.29 is 0 Å². The van der Waals surface area contributed by atoms with Gasteiger partial charge in [0.05, 0.1) is 0 Å². The predicted octanol–water partition coefficient (Wildman–Crippen LogP) is 3.96. The molecular weight excluding hydrogens is 212 g/mol. The quantitative estimate of drug-likeness (QED) is 0.733. The summed E-state index contributed by atoms with van der Waals surface area (Å²) < 4.78 is 1.31. The van der Waals surface area contributed by atoms with Crippen molar-refractivity contribution in [2.24, 2.45) is 0 Å². The van der Waals surface area contributed by atoms with Gasteiger partial charge in [0.15, 0.2) is 0 Å². The molecule has 0 bridgehead atoms. The molecule has 1 aromatic rings. The monoisotopic (exact) mass is 226 g/mol. The first-order chi connectivity index (χ1) is 5.79. The molecule has 0 aliphatic rings. The molecule has 0 fully saturated rings. The van der Waals surface area contributed by atoms with Crippen molar-refractivity contribution >= 4 is 15.9 Å². The third-order valence-corrected chi connectivity index (χ3v) is 3.08. The molecule has 0 N–H and O–H groups in total. The Labute approximate surface area is 83.1 Å². The summed E-state index contributed by atoms with van der Waals surface area (Å²) in [6, 6.07) is 6.53. The number of halogens is 1. The van der Waals surface area contributed by atoms with Gasteiger partial charge >= 0.3 is 0 Å². The lowest BCUT2D eigenvalue weighted by Crippen LogP contribution is -1.90. The fourth-order valence-corrected chi connectivity index (χ4v) is 2.11. The number of aryl methyl sites for hydroxylation is 2. The fourth-order valence-electron chi connectivity index (χ4n) is 1.37. The highest BCUT2D eigenvalue weighted by molar-refractivity contribution is 9.10. The number of benzene rings is 1. The highest BCUT2D eigenvalue weighted by atomic mass is 79.9. The average molecular weight is 227 g/mol. The third kappa shape index (κ3) is 2.10. The Balaban J connectivity index is 2.97. The topological polar surface area (TPSA) is 0 Å². The fraction of sp³-hybridized carbons (Fsp3) is 0.455. The van der Waals surface area contributed by atoms with Gasteiger partial charge < -0.3 is 0 Å². The van der Waals surface area contributed by atoms with Gasteiger partial charge in [-0.05, 0) is 24.0 Å². The minimum absolute atomic E-state index is 1.11. The largest absolute Gasteiger partial charge is 0.0651 e. The van der Waals surface area contributed by atoms with Crippen LogP contribution >= 0.6 is 15.9 Å². The van der Waals surface area contributed by atoms with Crippen LogP contribution in [0, 0.1) is 0 Å². The van der Waals surface area contributed by atoms with Crippen LogP contribution in [0.15, 0.2) is 22.7 Å². The molecule has 0 spiro atoms. The van der Waals surface area contributed by atoms with Crippen LogP contribution in [0.25, 0.3) is 0 Å². The molecule has 0 heterocycles. The van der Waals surface area contributed by atoms with Crippen molar-refractivity contribution in [2.45, 2.75) is 33.1 Å². The van der Waals surface area contributed by atoms with Gasteiger partial charge in [0.2, 0.25) is 0 Å². The van der Waals surface area contributed by atoms with E-state index in [1.807, 2.05) is 0 Å². The van der Waals surface area contributed by atoms with Crippen LogP contribution in [-0.2, 0) is 12.8 Å². The van der Waals surface area contributed by atoms with Crippen LogP contribution in [0.3, 0.4) is 0 Å². The second-order valence-corrected chi connectivity index (χ2v) is 3.79. The summed E-state index contributed by atoms with van der Waals surface area (Å²) in [5.74, 6) is 0. The molecule has 0 amide bonds. The van der Waals surface area contributed by atoms with E-state index < -0.39 is 0 Å². The molecule has 0 saturated carbocycles. The van der Waals surface area contributed by atoms with E-state index in [2.05, 4.69) is 48.0 Å². The first-order valence-corrected chi connectivity index (χ1v) is 5.35. The van der Waals surface area contributed by atoms with Crippen LogP contribution in [0.4, 0.5) is 0 Å². The van der Waals surface area contributed by atoms with E-state index in [9.17, 15) is 0 Å². The van der Waals surface area contributed by atoms with E-state index >= 15 is 0 Å². The Hall–Kier alpha value is -0.300. The number of hydrogen-bond acceptors (Lipinski definition) is 0. The molecule has 0 aromatic heterocycles. The summed E-state index contributed by atoms with van der Waals surface area (Å²) in [4.78, 5) is 0. The molecule has 12 heavy (non-hydrogen) atoms. The SMILES string of the molecule is CCCc1cccc(CC)c1Br. The molecule has 0 aliphatic heterocycles. The Morgan fingerprint density at radius 1 is 1.17 bits per heavy atom. The highest BCUT2D eigenvalue weighted by Gasteiger charge is 2.01. The molecule has 1 aromatic carbocycles. The van der Waals surface area contributed by atoms with Crippen molar-refractivity contribution in [3.8, 4) is 0 Å². The first kappa shape index (κ1) is 9.79. The second kappa shape index (κ2) is 4.66. The number of rotatable bonds is 3. The van der Waals surface area contributed by atoms with E-state index in [1.165, 1.54) is 28.4 Å². The zero-order chi connectivity index (χ0) is 8.97. The van der Waals surface area contributed by atoms with E-state index in [4.69, 9.17) is 0 Å². The van der Waals surface area contributed by atoms with Gasteiger partial charge in [-0.2, -0.15) is 0 Å². The zero-order valence-electron chi connectivity index (χ0n) is 7.73. The van der Waals surface area contributed by atoms with Crippen molar-refractivity contribution in [3.05, 3.63) is 33.8 Å². The molecular formula is C11H15Br. The maximum absolute atomic E-state index is 3.64. The first-order valence-electron chi connectivity index (χ1n) is 4.55. The van der Waals surface area contributed by atoms with Gasteiger partial charge in [-0.3, -0.25) is 0 Å². The highest BCUT2D eigenvalue weighted by Crippen LogP contribution is 2.23. The lowest BCUT2D eigenvalue weighted by molar-refractivity contribution is 0.911. The molecule has 1 rings (SSSR count). The minimum Gasteiger partial charge on any atom is -0.0651 e. The Bertz CT molecular complexity index is 253. The van der Waals surface area contributed by atoms with Crippen LogP contribution in [-0.4, -0.2) is 0 Å². The predicted molar refractivity (Wildman–Crippen MR) is 57.5 cm³/mol. The van der Waals surface area contributed by atoms with Crippen LogP contribution < -0.4 is 0 Å². The van der Waals surface area contributed by atoms with Gasteiger partial charge in [-0.15, -0.1) is 0 Å². The van der Waals surface area contributed by atoms with Crippen LogP contribution in [0.1, 0.15) is 31.4 Å². The summed E-state index contributed by atoms with van der Waals surface area (Å²) in [5.41, 5.74) is 2.86. The number of hydrogen-bond donors (Lipinski definition) is 0. The molecule has 0 saturated heterocycles.